The van der Waals surface area contributed by atoms with Crippen molar-refractivity contribution in [2.75, 3.05) is 5.75 Å². The molecule has 0 spiro atoms. The lowest BCUT2D eigenvalue weighted by Crippen LogP contribution is -2.14. The second-order valence-corrected chi connectivity index (χ2v) is 5.82. The van der Waals surface area contributed by atoms with Crippen molar-refractivity contribution in [2.45, 2.75) is 30.7 Å². The van der Waals surface area contributed by atoms with Crippen LogP contribution in [0.3, 0.4) is 0 Å². The molecule has 2 N–H and O–H groups in total. The van der Waals surface area contributed by atoms with E-state index in [1.807, 2.05) is 12.1 Å². The summed E-state index contributed by atoms with van der Waals surface area (Å²) in [4.78, 5) is 15.7. The van der Waals surface area contributed by atoms with Gasteiger partial charge in [0.2, 0.25) is 5.91 Å². The highest BCUT2D eigenvalue weighted by atomic mass is 32.2. The predicted octanol–water partition coefficient (Wildman–Crippen LogP) is 2.69. The molecule has 1 aromatic heterocycles. The van der Waals surface area contributed by atoms with E-state index in [4.69, 9.17) is 10.7 Å². The van der Waals surface area contributed by atoms with Crippen molar-refractivity contribution >= 4 is 28.6 Å². The zero-order valence-corrected chi connectivity index (χ0v) is 11.5. The van der Waals surface area contributed by atoms with Crippen molar-refractivity contribution in [1.82, 2.24) is 4.98 Å². The fourth-order valence-corrected chi connectivity index (χ4v) is 3.54. The molecule has 0 aliphatic heterocycles. The molecule has 0 radical (unpaired) electrons. The average molecular weight is 272 g/mol. The van der Waals surface area contributed by atoms with E-state index in [1.54, 1.807) is 0 Å². The summed E-state index contributed by atoms with van der Waals surface area (Å²) in [5, 5.41) is 2.26. The normalized spacial score (nSPS) is 14.3. The van der Waals surface area contributed by atoms with Gasteiger partial charge in [-0.3, -0.25) is 4.79 Å². The van der Waals surface area contributed by atoms with E-state index < -0.39 is 0 Å². The maximum atomic E-state index is 11.0. The monoisotopic (exact) mass is 272 g/mol. The van der Waals surface area contributed by atoms with Gasteiger partial charge in [0.25, 0.3) is 0 Å². The van der Waals surface area contributed by atoms with Crippen molar-refractivity contribution in [1.29, 1.82) is 0 Å². The first kappa shape index (κ1) is 12.5. The average Bonchev–Trinajstić information content (AvgIpc) is 2.44. The SMILES string of the molecule is NC(=O)CSc1nc2ccccc2c2c1CCCC2. The Labute approximate surface area is 116 Å². The second-order valence-electron chi connectivity index (χ2n) is 4.85. The molecule has 1 aliphatic carbocycles. The summed E-state index contributed by atoms with van der Waals surface area (Å²) in [7, 11) is 0. The summed E-state index contributed by atoms with van der Waals surface area (Å²) in [6.45, 7) is 0. The number of hydrogen-bond acceptors (Lipinski definition) is 3. The molecule has 0 saturated heterocycles. The molecule has 0 unspecified atom stereocenters. The van der Waals surface area contributed by atoms with Gasteiger partial charge in [-0.2, -0.15) is 0 Å². The number of primary amides is 1. The van der Waals surface area contributed by atoms with Crippen LogP contribution < -0.4 is 5.73 Å². The summed E-state index contributed by atoms with van der Waals surface area (Å²) >= 11 is 1.47. The Bertz CT molecular complexity index is 639. The van der Waals surface area contributed by atoms with Gasteiger partial charge >= 0.3 is 0 Å². The first-order valence-corrected chi connectivity index (χ1v) is 7.56. The minimum Gasteiger partial charge on any atom is -0.369 e. The zero-order valence-electron chi connectivity index (χ0n) is 10.7. The van der Waals surface area contributed by atoms with Crippen LogP contribution in [-0.4, -0.2) is 16.6 Å². The standard InChI is InChI=1S/C15H16N2OS/c16-14(18)9-19-15-12-7-2-1-5-10(12)11-6-3-4-8-13(11)17-15/h3-4,6,8H,1-2,5,7,9H2,(H2,16,18). The number of carbonyl (C=O) groups is 1. The van der Waals surface area contributed by atoms with Crippen LogP contribution in [0.15, 0.2) is 29.3 Å². The number of pyridine rings is 1. The number of hydrogen-bond donors (Lipinski definition) is 1. The lowest BCUT2D eigenvalue weighted by atomic mass is 9.90. The van der Waals surface area contributed by atoms with E-state index in [1.165, 1.54) is 41.1 Å². The number of nitrogens with zero attached hydrogens (tertiary/aromatic N) is 1. The van der Waals surface area contributed by atoms with Crippen molar-refractivity contribution < 1.29 is 4.79 Å². The van der Waals surface area contributed by atoms with E-state index in [0.717, 1.165) is 23.4 Å². The second kappa shape index (κ2) is 5.21. The fraction of sp³-hybridized carbons (Fsp3) is 0.333. The molecule has 1 amide bonds. The highest BCUT2D eigenvalue weighted by molar-refractivity contribution is 7.99. The van der Waals surface area contributed by atoms with Crippen molar-refractivity contribution in [3.63, 3.8) is 0 Å². The number of aryl methyl sites for hydroxylation is 1. The molecule has 19 heavy (non-hydrogen) atoms. The molecule has 1 aliphatic rings. The number of thioether (sulfide) groups is 1. The lowest BCUT2D eigenvalue weighted by molar-refractivity contribution is -0.115. The number of amides is 1. The van der Waals surface area contributed by atoms with Crippen molar-refractivity contribution in [3.8, 4) is 0 Å². The number of aromatic nitrogens is 1. The van der Waals surface area contributed by atoms with Gasteiger partial charge in [-0.25, -0.2) is 4.98 Å². The maximum absolute atomic E-state index is 11.0. The first-order valence-electron chi connectivity index (χ1n) is 6.57. The molecule has 2 aromatic rings. The maximum Gasteiger partial charge on any atom is 0.227 e. The predicted molar refractivity (Wildman–Crippen MR) is 78.3 cm³/mol. The van der Waals surface area contributed by atoms with Crippen LogP contribution in [0.25, 0.3) is 10.9 Å². The molecule has 4 heteroatoms. The molecule has 0 saturated carbocycles. The Morgan fingerprint density at radius 1 is 1.21 bits per heavy atom. The van der Waals surface area contributed by atoms with Crippen LogP contribution in [0.4, 0.5) is 0 Å². The summed E-state index contributed by atoms with van der Waals surface area (Å²) in [5.74, 6) is 0.0159. The van der Waals surface area contributed by atoms with E-state index in [9.17, 15) is 4.79 Å². The number of carbonyl (C=O) groups excluding carboxylic acids is 1. The van der Waals surface area contributed by atoms with Crippen LogP contribution in [0.5, 0.6) is 0 Å². The minimum atomic E-state index is -0.287. The third-order valence-electron chi connectivity index (χ3n) is 3.53. The number of fused-ring (bicyclic) bond motifs is 3. The van der Waals surface area contributed by atoms with Crippen molar-refractivity contribution in [2.24, 2.45) is 5.73 Å². The first-order chi connectivity index (χ1) is 9.25. The summed E-state index contributed by atoms with van der Waals surface area (Å²) in [5.41, 5.74) is 9.01. The molecule has 1 aromatic carbocycles. The van der Waals surface area contributed by atoms with Gasteiger partial charge < -0.3 is 5.73 Å². The quantitative estimate of drug-likeness (QED) is 0.874. The number of benzene rings is 1. The van der Waals surface area contributed by atoms with Gasteiger partial charge in [-0.1, -0.05) is 30.0 Å². The molecular weight excluding hydrogens is 256 g/mol. The highest BCUT2D eigenvalue weighted by Crippen LogP contribution is 2.34. The van der Waals surface area contributed by atoms with Gasteiger partial charge in [0.15, 0.2) is 0 Å². The van der Waals surface area contributed by atoms with E-state index in [-0.39, 0.29) is 5.91 Å². The fourth-order valence-electron chi connectivity index (χ4n) is 2.70. The van der Waals surface area contributed by atoms with Crippen LogP contribution in [0, 0.1) is 0 Å². The minimum absolute atomic E-state index is 0.287. The molecule has 3 rings (SSSR count). The topological polar surface area (TPSA) is 56.0 Å². The zero-order chi connectivity index (χ0) is 13.2. The molecule has 3 nitrogen and oxygen atoms in total. The smallest absolute Gasteiger partial charge is 0.227 e. The Kier molecular flexibility index (Phi) is 3.42. The third-order valence-corrected chi connectivity index (χ3v) is 4.57. The van der Waals surface area contributed by atoms with Crippen LogP contribution >= 0.6 is 11.8 Å². The summed E-state index contributed by atoms with van der Waals surface area (Å²) < 4.78 is 0. The molecule has 0 fully saturated rings. The van der Waals surface area contributed by atoms with Crippen LogP contribution in [0.1, 0.15) is 24.0 Å². The number of nitrogens with two attached hydrogens (primary N) is 1. The number of rotatable bonds is 3. The van der Waals surface area contributed by atoms with E-state index in [2.05, 4.69) is 12.1 Å². The Balaban J connectivity index is 2.12. The Morgan fingerprint density at radius 2 is 1.95 bits per heavy atom. The molecular formula is C15H16N2OS. The van der Waals surface area contributed by atoms with E-state index in [0.29, 0.717) is 5.75 Å². The Hall–Kier alpha value is -1.55. The molecule has 0 bridgehead atoms. The molecule has 0 atom stereocenters. The number of para-hydroxylation sites is 1. The van der Waals surface area contributed by atoms with Crippen LogP contribution in [0.2, 0.25) is 0 Å². The van der Waals surface area contributed by atoms with E-state index >= 15 is 0 Å². The highest BCUT2D eigenvalue weighted by Gasteiger charge is 2.18. The van der Waals surface area contributed by atoms with Gasteiger partial charge in [-0.15, -0.1) is 0 Å². The molecule has 1 heterocycles. The van der Waals surface area contributed by atoms with Crippen LogP contribution in [-0.2, 0) is 17.6 Å². The largest absolute Gasteiger partial charge is 0.369 e. The molecule has 98 valence electrons. The van der Waals surface area contributed by atoms with Gasteiger partial charge in [0, 0.05) is 5.39 Å². The lowest BCUT2D eigenvalue weighted by Gasteiger charge is -2.20. The van der Waals surface area contributed by atoms with Gasteiger partial charge in [-0.05, 0) is 42.9 Å². The Morgan fingerprint density at radius 3 is 2.74 bits per heavy atom. The van der Waals surface area contributed by atoms with Gasteiger partial charge in [0.05, 0.1) is 11.3 Å². The van der Waals surface area contributed by atoms with Gasteiger partial charge in [0.1, 0.15) is 5.03 Å². The summed E-state index contributed by atoms with van der Waals surface area (Å²) in [6, 6.07) is 8.26. The van der Waals surface area contributed by atoms with Crippen molar-refractivity contribution in [3.05, 3.63) is 35.4 Å². The summed E-state index contributed by atoms with van der Waals surface area (Å²) in [6.07, 6.45) is 4.62. The third kappa shape index (κ3) is 2.45.